The average Bonchev–Trinajstić information content (AvgIpc) is 3.28. The fraction of sp³-hybridized carbons (Fsp3) is 0.346. The Bertz CT molecular complexity index is 1230. The number of imidazole rings is 1. The SMILES string of the molecule is O=C(NCCCCC1CCN(C(=O)c2ccc(Br)cc2)CC1)C1=Cc2cnc3cccc(n23)S1. The van der Waals surface area contributed by atoms with Gasteiger partial charge in [0.05, 0.1) is 21.8 Å². The van der Waals surface area contributed by atoms with Gasteiger partial charge in [-0.05, 0) is 67.7 Å². The highest BCUT2D eigenvalue weighted by atomic mass is 79.9. The molecule has 0 bridgehead atoms. The smallest absolute Gasteiger partial charge is 0.258 e. The van der Waals surface area contributed by atoms with E-state index in [2.05, 4.69) is 30.6 Å². The number of halogens is 1. The molecule has 6 nitrogen and oxygen atoms in total. The second-order valence-corrected chi connectivity index (χ2v) is 10.8. The number of pyridine rings is 1. The van der Waals surface area contributed by atoms with E-state index in [4.69, 9.17) is 0 Å². The number of carbonyl (C=O) groups excluding carboxylic acids is 2. The third-order valence-electron chi connectivity index (χ3n) is 6.56. The lowest BCUT2D eigenvalue weighted by atomic mass is 9.91. The van der Waals surface area contributed by atoms with Gasteiger partial charge in [0, 0.05) is 29.7 Å². The van der Waals surface area contributed by atoms with Crippen molar-refractivity contribution in [1.82, 2.24) is 19.6 Å². The zero-order chi connectivity index (χ0) is 23.5. The Morgan fingerprint density at radius 2 is 1.88 bits per heavy atom. The van der Waals surface area contributed by atoms with Gasteiger partial charge < -0.3 is 10.2 Å². The van der Waals surface area contributed by atoms with Crippen molar-refractivity contribution in [3.63, 3.8) is 0 Å². The van der Waals surface area contributed by atoms with Gasteiger partial charge in [-0.2, -0.15) is 0 Å². The summed E-state index contributed by atoms with van der Waals surface area (Å²) in [5.41, 5.74) is 2.60. The van der Waals surface area contributed by atoms with E-state index in [1.165, 1.54) is 11.8 Å². The van der Waals surface area contributed by atoms with Crippen LogP contribution in [0.3, 0.4) is 0 Å². The van der Waals surface area contributed by atoms with Crippen molar-refractivity contribution >= 4 is 51.2 Å². The number of amides is 2. The van der Waals surface area contributed by atoms with Gasteiger partial charge in [-0.3, -0.25) is 14.0 Å². The Morgan fingerprint density at radius 3 is 2.68 bits per heavy atom. The summed E-state index contributed by atoms with van der Waals surface area (Å²) in [6.07, 6.45) is 9.03. The maximum absolute atomic E-state index is 12.7. The number of rotatable bonds is 7. The maximum Gasteiger partial charge on any atom is 0.258 e. The number of benzene rings is 1. The Morgan fingerprint density at radius 1 is 1.09 bits per heavy atom. The first-order valence-electron chi connectivity index (χ1n) is 11.8. The minimum Gasteiger partial charge on any atom is -0.352 e. The molecule has 4 heterocycles. The molecule has 2 aromatic heterocycles. The Hall–Kier alpha value is -2.58. The number of aromatic nitrogens is 2. The largest absolute Gasteiger partial charge is 0.352 e. The Kier molecular flexibility index (Phi) is 7.06. The van der Waals surface area contributed by atoms with E-state index in [1.807, 2.05) is 59.6 Å². The van der Waals surface area contributed by atoms with E-state index in [0.717, 1.165) is 71.6 Å². The lowest BCUT2D eigenvalue weighted by molar-refractivity contribution is -0.116. The number of piperidine rings is 1. The fourth-order valence-electron chi connectivity index (χ4n) is 4.65. The van der Waals surface area contributed by atoms with Crippen molar-refractivity contribution in [3.05, 3.63) is 69.3 Å². The highest BCUT2D eigenvalue weighted by Gasteiger charge is 2.23. The number of likely N-dealkylation sites (tertiary alicyclic amines) is 1. The number of thioether (sulfide) groups is 1. The molecule has 1 aromatic carbocycles. The number of unbranched alkanes of at least 4 members (excludes halogenated alkanes) is 1. The zero-order valence-electron chi connectivity index (χ0n) is 18.9. The van der Waals surface area contributed by atoms with Gasteiger partial charge >= 0.3 is 0 Å². The summed E-state index contributed by atoms with van der Waals surface area (Å²) in [7, 11) is 0. The second kappa shape index (κ2) is 10.4. The van der Waals surface area contributed by atoms with Crippen molar-refractivity contribution < 1.29 is 9.59 Å². The molecule has 0 atom stereocenters. The van der Waals surface area contributed by atoms with Crippen LogP contribution >= 0.6 is 27.7 Å². The van der Waals surface area contributed by atoms with Crippen LogP contribution in [0.1, 0.15) is 48.2 Å². The highest BCUT2D eigenvalue weighted by Crippen LogP contribution is 2.34. The molecular formula is C26H27BrN4O2S. The zero-order valence-corrected chi connectivity index (χ0v) is 21.3. The van der Waals surface area contributed by atoms with Gasteiger partial charge in [0.2, 0.25) is 0 Å². The lowest BCUT2D eigenvalue weighted by Crippen LogP contribution is -2.38. The van der Waals surface area contributed by atoms with Crippen molar-refractivity contribution in [2.24, 2.45) is 5.92 Å². The molecule has 3 aromatic rings. The summed E-state index contributed by atoms with van der Waals surface area (Å²) in [6.45, 7) is 2.33. The summed E-state index contributed by atoms with van der Waals surface area (Å²) in [4.78, 5) is 32.4. The minimum atomic E-state index is -0.0192. The molecule has 2 aliphatic rings. The van der Waals surface area contributed by atoms with Crippen LogP contribution in [0, 0.1) is 5.92 Å². The van der Waals surface area contributed by atoms with Gasteiger partial charge in [-0.15, -0.1) is 0 Å². The molecule has 0 spiro atoms. The van der Waals surface area contributed by atoms with Crippen LogP contribution in [0.25, 0.3) is 11.7 Å². The van der Waals surface area contributed by atoms with Crippen molar-refractivity contribution in [2.75, 3.05) is 19.6 Å². The van der Waals surface area contributed by atoms with E-state index in [-0.39, 0.29) is 11.8 Å². The van der Waals surface area contributed by atoms with Crippen LogP contribution in [-0.4, -0.2) is 45.7 Å². The van der Waals surface area contributed by atoms with Gasteiger partial charge in [-0.25, -0.2) is 4.98 Å². The summed E-state index contributed by atoms with van der Waals surface area (Å²) in [6, 6.07) is 13.5. The van der Waals surface area contributed by atoms with Crippen LogP contribution < -0.4 is 5.32 Å². The first-order valence-corrected chi connectivity index (χ1v) is 13.4. The molecule has 0 saturated carbocycles. The van der Waals surface area contributed by atoms with Crippen LogP contribution in [0.2, 0.25) is 0 Å². The Labute approximate surface area is 211 Å². The summed E-state index contributed by atoms with van der Waals surface area (Å²) in [5, 5.41) is 4.09. The number of carbonyl (C=O) groups is 2. The molecular weight excluding hydrogens is 512 g/mol. The maximum atomic E-state index is 12.7. The van der Waals surface area contributed by atoms with E-state index >= 15 is 0 Å². The van der Waals surface area contributed by atoms with E-state index in [9.17, 15) is 9.59 Å². The van der Waals surface area contributed by atoms with Crippen molar-refractivity contribution in [1.29, 1.82) is 0 Å². The van der Waals surface area contributed by atoms with Gasteiger partial charge in [0.1, 0.15) is 5.65 Å². The molecule has 8 heteroatoms. The van der Waals surface area contributed by atoms with Crippen molar-refractivity contribution in [2.45, 2.75) is 37.1 Å². The number of nitrogens with one attached hydrogen (secondary N) is 1. The molecule has 0 unspecified atom stereocenters. The first-order chi connectivity index (χ1) is 16.6. The fourth-order valence-corrected chi connectivity index (χ4v) is 5.92. The van der Waals surface area contributed by atoms with E-state index in [1.54, 1.807) is 0 Å². The summed E-state index contributed by atoms with van der Waals surface area (Å²) < 4.78 is 3.05. The van der Waals surface area contributed by atoms with Gasteiger partial charge in [-0.1, -0.05) is 46.6 Å². The number of hydrogen-bond donors (Lipinski definition) is 1. The number of hydrogen-bond acceptors (Lipinski definition) is 4. The topological polar surface area (TPSA) is 66.7 Å². The normalized spacial score (nSPS) is 15.9. The van der Waals surface area contributed by atoms with Crippen LogP contribution in [0.5, 0.6) is 0 Å². The second-order valence-electron chi connectivity index (χ2n) is 8.85. The third-order valence-corrected chi connectivity index (χ3v) is 8.14. The third kappa shape index (κ3) is 5.08. The molecule has 0 radical (unpaired) electrons. The predicted molar refractivity (Wildman–Crippen MR) is 139 cm³/mol. The van der Waals surface area contributed by atoms with E-state index in [0.29, 0.717) is 17.4 Å². The molecule has 176 valence electrons. The molecule has 5 rings (SSSR count). The van der Waals surface area contributed by atoms with Crippen molar-refractivity contribution in [3.8, 4) is 0 Å². The monoisotopic (exact) mass is 538 g/mol. The molecule has 1 saturated heterocycles. The lowest BCUT2D eigenvalue weighted by Gasteiger charge is -2.32. The highest BCUT2D eigenvalue weighted by molar-refractivity contribution is 9.10. The first kappa shape index (κ1) is 23.2. The summed E-state index contributed by atoms with van der Waals surface area (Å²) >= 11 is 4.90. The minimum absolute atomic E-state index is 0.0192. The summed E-state index contributed by atoms with van der Waals surface area (Å²) in [5.74, 6) is 0.763. The average molecular weight is 539 g/mol. The van der Waals surface area contributed by atoms with Gasteiger partial charge in [0.25, 0.3) is 11.8 Å². The van der Waals surface area contributed by atoms with Crippen LogP contribution in [0.4, 0.5) is 0 Å². The molecule has 34 heavy (non-hydrogen) atoms. The quantitative estimate of drug-likeness (QED) is 0.410. The number of nitrogens with zero attached hydrogens (tertiary/aromatic N) is 3. The van der Waals surface area contributed by atoms with Gasteiger partial charge in [0.15, 0.2) is 0 Å². The van der Waals surface area contributed by atoms with Crippen LogP contribution in [0.15, 0.2) is 63.1 Å². The molecule has 0 aliphatic carbocycles. The Balaban J connectivity index is 1.01. The molecule has 2 amide bonds. The standard InChI is InChI=1S/C26H27BrN4O2S/c27-20-9-7-19(8-10-20)26(33)30-14-11-18(12-15-30)4-1-2-13-28-25(32)22-16-21-17-29-23-5-3-6-24(34-22)31(21)23/h3,5-10,16-18H,1-2,4,11-15H2,(H,28,32). The molecule has 1 N–H and O–H groups in total. The predicted octanol–water partition coefficient (Wildman–Crippen LogP) is 5.38. The molecule has 2 aliphatic heterocycles. The van der Waals surface area contributed by atoms with Crippen LogP contribution in [-0.2, 0) is 4.79 Å². The molecule has 1 fully saturated rings. The van der Waals surface area contributed by atoms with E-state index < -0.39 is 0 Å².